The highest BCUT2D eigenvalue weighted by Crippen LogP contribution is 2.04. The van der Waals surface area contributed by atoms with Gasteiger partial charge in [-0.15, -0.1) is 0 Å². The zero-order chi connectivity index (χ0) is 10.7. The minimum Gasteiger partial charge on any atom is -0.319 e. The lowest BCUT2D eigenvalue weighted by Gasteiger charge is -1.98. The molecule has 0 amide bonds. The van der Waals surface area contributed by atoms with Crippen LogP contribution >= 0.6 is 0 Å². The summed E-state index contributed by atoms with van der Waals surface area (Å²) >= 11 is 0. The standard InChI is InChI=1S/C7H16.C5H13N/c1-4-5-6-7(2)3;1-5(2)4-6-3/h7H,4-6H2,1-3H3;5-6H,4H2,1-3H3. The molecule has 0 aromatic heterocycles. The van der Waals surface area contributed by atoms with E-state index in [9.17, 15) is 0 Å². The fourth-order valence-electron chi connectivity index (χ4n) is 1.02. The molecule has 1 heteroatoms. The lowest BCUT2D eigenvalue weighted by Crippen LogP contribution is -2.12. The third-order valence-corrected chi connectivity index (χ3v) is 1.75. The molecule has 0 radical (unpaired) electrons. The van der Waals surface area contributed by atoms with Crippen LogP contribution in [0.2, 0.25) is 0 Å². The van der Waals surface area contributed by atoms with Crippen LogP contribution in [-0.4, -0.2) is 13.6 Å². The molecule has 0 saturated carbocycles. The second kappa shape index (κ2) is 12.0. The lowest BCUT2D eigenvalue weighted by molar-refractivity contribution is 0.550. The van der Waals surface area contributed by atoms with Crippen molar-refractivity contribution in [2.45, 2.75) is 53.9 Å². The minimum atomic E-state index is 0.787. The van der Waals surface area contributed by atoms with Gasteiger partial charge in [-0.2, -0.15) is 0 Å². The Morgan fingerprint density at radius 1 is 1.00 bits per heavy atom. The van der Waals surface area contributed by atoms with Gasteiger partial charge in [0, 0.05) is 0 Å². The van der Waals surface area contributed by atoms with E-state index in [1.54, 1.807) is 0 Å². The second-order valence-corrected chi connectivity index (χ2v) is 4.49. The predicted molar refractivity (Wildman–Crippen MR) is 63.1 cm³/mol. The van der Waals surface area contributed by atoms with Crippen molar-refractivity contribution < 1.29 is 0 Å². The summed E-state index contributed by atoms with van der Waals surface area (Å²) in [4.78, 5) is 0. The van der Waals surface area contributed by atoms with Gasteiger partial charge >= 0.3 is 0 Å². The molecule has 0 aliphatic heterocycles. The largest absolute Gasteiger partial charge is 0.319 e. The Hall–Kier alpha value is -0.0400. The Bertz CT molecular complexity index is 77.2. The summed E-state index contributed by atoms with van der Waals surface area (Å²) < 4.78 is 0. The topological polar surface area (TPSA) is 12.0 Å². The molecule has 0 spiro atoms. The van der Waals surface area contributed by atoms with Crippen LogP contribution in [0.4, 0.5) is 0 Å². The molecule has 0 aliphatic rings. The van der Waals surface area contributed by atoms with Gasteiger partial charge in [-0.05, 0) is 25.4 Å². The highest BCUT2D eigenvalue weighted by atomic mass is 14.8. The summed E-state index contributed by atoms with van der Waals surface area (Å²) in [5, 5.41) is 3.07. The number of hydrogen-bond donors (Lipinski definition) is 1. The molecule has 0 aromatic rings. The average Bonchev–Trinajstić information content (AvgIpc) is 2.01. The summed E-state index contributed by atoms with van der Waals surface area (Å²) in [6.07, 6.45) is 4.15. The van der Waals surface area contributed by atoms with E-state index in [4.69, 9.17) is 0 Å². The summed E-state index contributed by atoms with van der Waals surface area (Å²) in [7, 11) is 1.97. The van der Waals surface area contributed by atoms with Gasteiger partial charge in [0.25, 0.3) is 0 Å². The first-order valence-corrected chi connectivity index (χ1v) is 5.69. The quantitative estimate of drug-likeness (QED) is 0.692. The fourth-order valence-corrected chi connectivity index (χ4v) is 1.02. The van der Waals surface area contributed by atoms with Crippen LogP contribution in [0.1, 0.15) is 53.9 Å². The summed E-state index contributed by atoms with van der Waals surface area (Å²) in [5.41, 5.74) is 0. The van der Waals surface area contributed by atoms with Gasteiger partial charge in [0.15, 0.2) is 0 Å². The maximum Gasteiger partial charge on any atom is -0.00288 e. The van der Waals surface area contributed by atoms with Crippen molar-refractivity contribution in [1.82, 2.24) is 5.32 Å². The van der Waals surface area contributed by atoms with Gasteiger partial charge in [-0.3, -0.25) is 0 Å². The Labute approximate surface area is 85.3 Å². The van der Waals surface area contributed by atoms with Crippen LogP contribution < -0.4 is 5.32 Å². The first-order valence-electron chi connectivity index (χ1n) is 5.69. The predicted octanol–water partition coefficient (Wildman–Crippen LogP) is 3.69. The van der Waals surface area contributed by atoms with E-state index >= 15 is 0 Å². The summed E-state index contributed by atoms with van der Waals surface area (Å²) in [5.74, 6) is 1.69. The van der Waals surface area contributed by atoms with Gasteiger partial charge in [0.2, 0.25) is 0 Å². The summed E-state index contributed by atoms with van der Waals surface area (Å²) in [6, 6.07) is 0. The first-order chi connectivity index (χ1) is 6.04. The molecule has 0 aliphatic carbocycles. The van der Waals surface area contributed by atoms with Gasteiger partial charge in [0.1, 0.15) is 0 Å². The normalized spacial score (nSPS) is 10.2. The SMILES string of the molecule is CCCCC(C)C.CNCC(C)C. The van der Waals surface area contributed by atoms with Gasteiger partial charge in [0.05, 0.1) is 0 Å². The number of rotatable bonds is 5. The second-order valence-electron chi connectivity index (χ2n) is 4.49. The van der Waals surface area contributed by atoms with E-state index in [0.717, 1.165) is 18.4 Å². The maximum atomic E-state index is 3.07. The molecule has 0 aromatic carbocycles. The Morgan fingerprint density at radius 2 is 1.54 bits per heavy atom. The van der Waals surface area contributed by atoms with Crippen LogP contribution in [0, 0.1) is 11.8 Å². The average molecular weight is 187 g/mol. The van der Waals surface area contributed by atoms with Crippen molar-refractivity contribution in [2.24, 2.45) is 11.8 Å². The molecular formula is C12H29N. The molecular weight excluding hydrogens is 158 g/mol. The number of unbranched alkanes of at least 4 members (excludes halogenated alkanes) is 1. The van der Waals surface area contributed by atoms with Crippen molar-refractivity contribution >= 4 is 0 Å². The van der Waals surface area contributed by atoms with Crippen LogP contribution in [0.25, 0.3) is 0 Å². The number of hydrogen-bond acceptors (Lipinski definition) is 1. The molecule has 0 saturated heterocycles. The van der Waals surface area contributed by atoms with E-state index < -0.39 is 0 Å². The minimum absolute atomic E-state index is 0.787. The monoisotopic (exact) mass is 187 g/mol. The van der Waals surface area contributed by atoms with Crippen molar-refractivity contribution in [3.63, 3.8) is 0 Å². The van der Waals surface area contributed by atoms with Crippen LogP contribution in [0.3, 0.4) is 0 Å². The fraction of sp³-hybridized carbons (Fsp3) is 1.00. The van der Waals surface area contributed by atoms with E-state index in [2.05, 4.69) is 39.9 Å². The molecule has 1 N–H and O–H groups in total. The Morgan fingerprint density at radius 3 is 1.62 bits per heavy atom. The molecule has 1 nitrogen and oxygen atoms in total. The highest BCUT2D eigenvalue weighted by molar-refractivity contribution is 4.43. The molecule has 82 valence electrons. The first kappa shape index (κ1) is 15.4. The third kappa shape index (κ3) is 24.5. The molecule has 0 heterocycles. The molecule has 0 fully saturated rings. The van der Waals surface area contributed by atoms with Crippen molar-refractivity contribution in [1.29, 1.82) is 0 Å². The zero-order valence-corrected chi connectivity index (χ0v) is 10.5. The van der Waals surface area contributed by atoms with Gasteiger partial charge in [-0.25, -0.2) is 0 Å². The maximum absolute atomic E-state index is 3.07. The summed E-state index contributed by atoms with van der Waals surface area (Å²) in [6.45, 7) is 12.3. The van der Waals surface area contributed by atoms with Gasteiger partial charge in [-0.1, -0.05) is 53.9 Å². The van der Waals surface area contributed by atoms with E-state index in [1.165, 1.54) is 19.3 Å². The van der Waals surface area contributed by atoms with Crippen molar-refractivity contribution in [3.8, 4) is 0 Å². The van der Waals surface area contributed by atoms with Crippen molar-refractivity contribution in [2.75, 3.05) is 13.6 Å². The third-order valence-electron chi connectivity index (χ3n) is 1.75. The van der Waals surface area contributed by atoms with Crippen LogP contribution in [-0.2, 0) is 0 Å². The Balaban J connectivity index is 0. The van der Waals surface area contributed by atoms with Gasteiger partial charge < -0.3 is 5.32 Å². The van der Waals surface area contributed by atoms with E-state index in [1.807, 2.05) is 7.05 Å². The van der Waals surface area contributed by atoms with Crippen LogP contribution in [0.15, 0.2) is 0 Å². The molecule has 13 heavy (non-hydrogen) atoms. The molecule has 0 atom stereocenters. The number of nitrogens with one attached hydrogen (secondary N) is 1. The lowest BCUT2D eigenvalue weighted by atomic mass is 10.1. The smallest absolute Gasteiger partial charge is 0.00288 e. The molecule has 0 unspecified atom stereocenters. The van der Waals surface area contributed by atoms with Crippen molar-refractivity contribution in [3.05, 3.63) is 0 Å². The Kier molecular flexibility index (Phi) is 14.2. The van der Waals surface area contributed by atoms with E-state index in [0.29, 0.717) is 0 Å². The zero-order valence-electron chi connectivity index (χ0n) is 10.5. The van der Waals surface area contributed by atoms with Crippen LogP contribution in [0.5, 0.6) is 0 Å². The van der Waals surface area contributed by atoms with E-state index in [-0.39, 0.29) is 0 Å². The molecule has 0 bridgehead atoms. The highest BCUT2D eigenvalue weighted by Gasteiger charge is 1.88. The molecule has 0 rings (SSSR count).